The highest BCUT2D eigenvalue weighted by Crippen LogP contribution is 2.18. The Morgan fingerprint density at radius 3 is 2.62 bits per heavy atom. The second-order valence-corrected chi connectivity index (χ2v) is 5.62. The van der Waals surface area contributed by atoms with Gasteiger partial charge in [0, 0.05) is 6.54 Å². The summed E-state index contributed by atoms with van der Waals surface area (Å²) in [5, 5.41) is 0. The van der Waals surface area contributed by atoms with E-state index in [0.29, 0.717) is 6.61 Å². The summed E-state index contributed by atoms with van der Waals surface area (Å²) in [4.78, 5) is 0. The molecule has 0 aliphatic heterocycles. The molecule has 0 aromatic heterocycles. The largest absolute Gasteiger partial charge is 0.492 e. The minimum Gasteiger partial charge on any atom is -0.492 e. The highest BCUT2D eigenvalue weighted by atomic mass is 32.2. The first-order valence-electron chi connectivity index (χ1n) is 5.03. The van der Waals surface area contributed by atoms with Crippen LogP contribution in [0.25, 0.3) is 0 Å². The predicted octanol–water partition coefficient (Wildman–Crippen LogP) is 1.23. The number of benzene rings is 1. The molecule has 0 bridgehead atoms. The lowest BCUT2D eigenvalue weighted by molar-refractivity contribution is 0.320. The predicted molar refractivity (Wildman–Crippen MR) is 64.3 cm³/mol. The second-order valence-electron chi connectivity index (χ2n) is 3.78. The van der Waals surface area contributed by atoms with Gasteiger partial charge in [0.25, 0.3) is 0 Å². The molecule has 4 nitrogen and oxygen atoms in total. The summed E-state index contributed by atoms with van der Waals surface area (Å²) in [5.74, 6) is 0.801. The SMILES string of the molecule is Cc1ccc(C)c(OCCNS(C)(=O)=O)c1. The molecule has 1 aromatic rings. The van der Waals surface area contributed by atoms with Gasteiger partial charge in [0.15, 0.2) is 0 Å². The molecule has 1 rings (SSSR count). The average Bonchev–Trinajstić information content (AvgIpc) is 2.16. The normalized spacial score (nSPS) is 11.4. The monoisotopic (exact) mass is 243 g/mol. The number of rotatable bonds is 5. The van der Waals surface area contributed by atoms with E-state index in [4.69, 9.17) is 4.74 Å². The molecule has 16 heavy (non-hydrogen) atoms. The van der Waals surface area contributed by atoms with Crippen LogP contribution in [0.2, 0.25) is 0 Å². The van der Waals surface area contributed by atoms with Gasteiger partial charge >= 0.3 is 0 Å². The van der Waals surface area contributed by atoms with Crippen molar-refractivity contribution in [2.75, 3.05) is 19.4 Å². The van der Waals surface area contributed by atoms with Crippen molar-refractivity contribution in [2.45, 2.75) is 13.8 Å². The molecule has 0 saturated carbocycles. The lowest BCUT2D eigenvalue weighted by Crippen LogP contribution is -2.26. The molecule has 0 fully saturated rings. The molecule has 0 amide bonds. The molecule has 0 unspecified atom stereocenters. The maximum absolute atomic E-state index is 10.8. The standard InChI is InChI=1S/C11H17NO3S/c1-9-4-5-10(2)11(8-9)15-7-6-12-16(3,13)14/h4-5,8,12H,6-7H2,1-3H3. The summed E-state index contributed by atoms with van der Waals surface area (Å²) in [6.45, 7) is 4.56. The van der Waals surface area contributed by atoms with Gasteiger partial charge in [-0.15, -0.1) is 0 Å². The van der Waals surface area contributed by atoms with E-state index in [-0.39, 0.29) is 6.54 Å². The van der Waals surface area contributed by atoms with Crippen molar-refractivity contribution in [3.05, 3.63) is 29.3 Å². The van der Waals surface area contributed by atoms with E-state index in [1.165, 1.54) is 0 Å². The van der Waals surface area contributed by atoms with Gasteiger partial charge in [0.2, 0.25) is 10.0 Å². The van der Waals surface area contributed by atoms with E-state index in [0.717, 1.165) is 23.1 Å². The number of ether oxygens (including phenoxy) is 1. The number of nitrogens with one attached hydrogen (secondary N) is 1. The smallest absolute Gasteiger partial charge is 0.208 e. The lowest BCUT2D eigenvalue weighted by Gasteiger charge is -2.09. The van der Waals surface area contributed by atoms with Crippen LogP contribution in [0.15, 0.2) is 18.2 Å². The minimum atomic E-state index is -3.13. The van der Waals surface area contributed by atoms with E-state index < -0.39 is 10.0 Å². The highest BCUT2D eigenvalue weighted by molar-refractivity contribution is 7.88. The highest BCUT2D eigenvalue weighted by Gasteiger charge is 2.02. The fourth-order valence-electron chi connectivity index (χ4n) is 1.25. The molecular weight excluding hydrogens is 226 g/mol. The van der Waals surface area contributed by atoms with Gasteiger partial charge in [-0.1, -0.05) is 12.1 Å². The minimum absolute atomic E-state index is 0.284. The maximum Gasteiger partial charge on any atom is 0.208 e. The molecule has 1 aromatic carbocycles. The van der Waals surface area contributed by atoms with Crippen LogP contribution >= 0.6 is 0 Å². The summed E-state index contributed by atoms with van der Waals surface area (Å²) in [5.41, 5.74) is 2.17. The van der Waals surface area contributed by atoms with Crippen molar-refractivity contribution in [1.29, 1.82) is 0 Å². The van der Waals surface area contributed by atoms with Gasteiger partial charge in [-0.3, -0.25) is 0 Å². The van der Waals surface area contributed by atoms with Gasteiger partial charge in [-0.25, -0.2) is 13.1 Å². The van der Waals surface area contributed by atoms with Gasteiger partial charge in [-0.05, 0) is 31.0 Å². The Hall–Kier alpha value is -1.07. The number of hydrogen-bond donors (Lipinski definition) is 1. The van der Waals surface area contributed by atoms with Crippen LogP contribution in [0.4, 0.5) is 0 Å². The zero-order valence-corrected chi connectivity index (χ0v) is 10.6. The Balaban J connectivity index is 2.46. The number of aryl methyl sites for hydroxylation is 2. The van der Waals surface area contributed by atoms with Crippen LogP contribution < -0.4 is 9.46 Å². The van der Waals surface area contributed by atoms with E-state index in [1.807, 2.05) is 32.0 Å². The van der Waals surface area contributed by atoms with E-state index in [2.05, 4.69) is 4.72 Å². The third kappa shape index (κ3) is 4.63. The van der Waals surface area contributed by atoms with Crippen LogP contribution in [-0.2, 0) is 10.0 Å². The molecule has 1 N–H and O–H groups in total. The third-order valence-electron chi connectivity index (χ3n) is 2.07. The Labute approximate surface area is 96.7 Å². The van der Waals surface area contributed by atoms with Gasteiger partial charge < -0.3 is 4.74 Å². The summed E-state index contributed by atoms with van der Waals surface area (Å²) < 4.78 is 29.5. The molecule has 0 radical (unpaired) electrons. The Morgan fingerprint density at radius 2 is 2.00 bits per heavy atom. The summed E-state index contributed by atoms with van der Waals surface area (Å²) in [6.07, 6.45) is 1.13. The van der Waals surface area contributed by atoms with E-state index in [1.54, 1.807) is 0 Å². The molecule has 0 saturated heterocycles. The van der Waals surface area contributed by atoms with Crippen molar-refractivity contribution < 1.29 is 13.2 Å². The Bertz CT molecular complexity index is 454. The van der Waals surface area contributed by atoms with Crippen LogP contribution in [0.5, 0.6) is 5.75 Å². The maximum atomic E-state index is 10.8. The Kier molecular flexibility index (Phi) is 4.32. The Morgan fingerprint density at radius 1 is 1.31 bits per heavy atom. The molecule has 0 atom stereocenters. The van der Waals surface area contributed by atoms with Gasteiger partial charge in [0.1, 0.15) is 12.4 Å². The molecule has 0 spiro atoms. The quantitative estimate of drug-likeness (QED) is 0.791. The fourth-order valence-corrected chi connectivity index (χ4v) is 1.70. The molecule has 5 heteroatoms. The summed E-state index contributed by atoms with van der Waals surface area (Å²) in [7, 11) is -3.13. The average molecular weight is 243 g/mol. The van der Waals surface area contributed by atoms with Crippen molar-refractivity contribution >= 4 is 10.0 Å². The molecule has 0 aliphatic carbocycles. The van der Waals surface area contributed by atoms with Crippen LogP contribution in [0.1, 0.15) is 11.1 Å². The summed E-state index contributed by atoms with van der Waals surface area (Å²) in [6, 6.07) is 5.93. The number of hydrogen-bond acceptors (Lipinski definition) is 3. The first-order valence-corrected chi connectivity index (χ1v) is 6.92. The molecule has 90 valence electrons. The third-order valence-corrected chi connectivity index (χ3v) is 2.80. The van der Waals surface area contributed by atoms with Crippen molar-refractivity contribution in [3.63, 3.8) is 0 Å². The summed E-state index contributed by atoms with van der Waals surface area (Å²) >= 11 is 0. The topological polar surface area (TPSA) is 55.4 Å². The van der Waals surface area contributed by atoms with Gasteiger partial charge in [-0.2, -0.15) is 0 Å². The van der Waals surface area contributed by atoms with Crippen LogP contribution in [0.3, 0.4) is 0 Å². The molecule has 0 heterocycles. The van der Waals surface area contributed by atoms with Gasteiger partial charge in [0.05, 0.1) is 6.26 Å². The van der Waals surface area contributed by atoms with Crippen LogP contribution in [-0.4, -0.2) is 27.8 Å². The second kappa shape index (κ2) is 5.32. The fraction of sp³-hybridized carbons (Fsp3) is 0.455. The zero-order chi connectivity index (χ0) is 12.2. The van der Waals surface area contributed by atoms with E-state index >= 15 is 0 Å². The zero-order valence-electron chi connectivity index (χ0n) is 9.78. The molecular formula is C11H17NO3S. The van der Waals surface area contributed by atoms with Crippen molar-refractivity contribution in [1.82, 2.24) is 4.72 Å². The van der Waals surface area contributed by atoms with E-state index in [9.17, 15) is 8.42 Å². The van der Waals surface area contributed by atoms with Crippen molar-refractivity contribution in [3.8, 4) is 5.75 Å². The number of sulfonamides is 1. The first-order chi connectivity index (χ1) is 7.38. The van der Waals surface area contributed by atoms with Crippen molar-refractivity contribution in [2.24, 2.45) is 0 Å². The lowest BCUT2D eigenvalue weighted by atomic mass is 10.1. The first kappa shape index (κ1) is 13.0. The molecule has 0 aliphatic rings. The van der Waals surface area contributed by atoms with Crippen LogP contribution in [0, 0.1) is 13.8 Å².